The third-order valence-corrected chi connectivity index (χ3v) is 7.78. The van der Waals surface area contributed by atoms with Gasteiger partial charge in [-0.2, -0.15) is 0 Å². The first-order valence-corrected chi connectivity index (χ1v) is 14.1. The van der Waals surface area contributed by atoms with Gasteiger partial charge in [0.25, 0.3) is 0 Å². The van der Waals surface area contributed by atoms with Crippen molar-refractivity contribution in [2.75, 3.05) is 52.4 Å². The number of halogens is 1. The number of amides is 2. The Labute approximate surface area is 226 Å². The standard InChI is InChI=1S/C28H46FN5O4/c1-20-10-11-21(2)34(20)28(36)32-25(27(35)38-4)14-17-33(19-24(18-29)37-3)16-6-5-9-23-13-12-22-8-7-15-30-26(22)31-23/h12-13,20-21,24-25H,5-11,14-19H2,1-4H3,(H,30,31)(H,32,36). The van der Waals surface area contributed by atoms with E-state index in [1.54, 1.807) is 0 Å². The fourth-order valence-electron chi connectivity index (χ4n) is 5.44. The molecule has 0 aromatic carbocycles. The molecule has 0 saturated carbocycles. The average molecular weight is 536 g/mol. The van der Waals surface area contributed by atoms with Crippen LogP contribution in [0.15, 0.2) is 12.1 Å². The van der Waals surface area contributed by atoms with E-state index in [2.05, 4.69) is 27.7 Å². The Morgan fingerprint density at radius 1 is 1.21 bits per heavy atom. The number of fused-ring (bicyclic) bond motifs is 1. The number of anilines is 1. The molecular formula is C28H46FN5O4. The molecule has 1 saturated heterocycles. The lowest BCUT2D eigenvalue weighted by molar-refractivity contribution is -0.143. The first-order valence-electron chi connectivity index (χ1n) is 14.1. The molecule has 38 heavy (non-hydrogen) atoms. The quantitative estimate of drug-likeness (QED) is 0.278. The van der Waals surface area contributed by atoms with Crippen LogP contribution in [0.2, 0.25) is 0 Å². The van der Waals surface area contributed by atoms with Gasteiger partial charge in [0.05, 0.1) is 13.2 Å². The van der Waals surface area contributed by atoms with E-state index in [1.807, 2.05) is 18.7 Å². The summed E-state index contributed by atoms with van der Waals surface area (Å²) >= 11 is 0. The summed E-state index contributed by atoms with van der Waals surface area (Å²) in [5.74, 6) is 0.536. The largest absolute Gasteiger partial charge is 0.467 e. The molecule has 3 rings (SSSR count). The Kier molecular flexibility index (Phi) is 12.0. The second kappa shape index (κ2) is 15.2. The van der Waals surface area contributed by atoms with Crippen molar-refractivity contribution in [2.45, 2.75) is 89.4 Å². The number of pyridine rings is 1. The van der Waals surface area contributed by atoms with Gasteiger partial charge in [0.15, 0.2) is 0 Å². The number of aryl methyl sites for hydroxylation is 2. The van der Waals surface area contributed by atoms with Crippen molar-refractivity contribution in [3.63, 3.8) is 0 Å². The number of carbonyl (C=O) groups excluding carboxylic acids is 2. The van der Waals surface area contributed by atoms with Crippen LogP contribution in [0, 0.1) is 0 Å². The fourth-order valence-corrected chi connectivity index (χ4v) is 5.44. The normalized spacial score (nSPS) is 20.5. The molecule has 4 atom stereocenters. The van der Waals surface area contributed by atoms with Gasteiger partial charge in [0, 0.05) is 44.5 Å². The lowest BCUT2D eigenvalue weighted by atomic mass is 10.1. The molecule has 2 aliphatic heterocycles. The fraction of sp³-hybridized carbons (Fsp3) is 0.750. The average Bonchev–Trinajstić information content (AvgIpc) is 3.28. The van der Waals surface area contributed by atoms with Crippen molar-refractivity contribution < 1.29 is 23.5 Å². The van der Waals surface area contributed by atoms with Gasteiger partial charge in [-0.25, -0.2) is 19.0 Å². The molecule has 0 aliphatic carbocycles. The van der Waals surface area contributed by atoms with Crippen molar-refractivity contribution in [3.05, 3.63) is 23.4 Å². The van der Waals surface area contributed by atoms with Crippen LogP contribution in [0.25, 0.3) is 0 Å². The van der Waals surface area contributed by atoms with E-state index in [0.717, 1.165) is 69.5 Å². The minimum absolute atomic E-state index is 0.132. The summed E-state index contributed by atoms with van der Waals surface area (Å²) < 4.78 is 23.7. The third kappa shape index (κ3) is 8.53. The van der Waals surface area contributed by atoms with Gasteiger partial charge in [-0.15, -0.1) is 0 Å². The van der Waals surface area contributed by atoms with Gasteiger partial charge in [-0.05, 0) is 83.4 Å². The van der Waals surface area contributed by atoms with E-state index in [1.165, 1.54) is 19.8 Å². The molecule has 9 nitrogen and oxygen atoms in total. The highest BCUT2D eigenvalue weighted by atomic mass is 19.1. The molecule has 2 amide bonds. The van der Waals surface area contributed by atoms with Gasteiger partial charge >= 0.3 is 12.0 Å². The molecule has 3 heterocycles. The number of nitrogens with zero attached hydrogens (tertiary/aromatic N) is 3. The van der Waals surface area contributed by atoms with E-state index in [9.17, 15) is 14.0 Å². The number of ether oxygens (including phenoxy) is 2. The van der Waals surface area contributed by atoms with E-state index >= 15 is 0 Å². The van der Waals surface area contributed by atoms with E-state index in [-0.39, 0.29) is 18.1 Å². The van der Waals surface area contributed by atoms with Gasteiger partial charge in [0.1, 0.15) is 18.5 Å². The number of hydrogen-bond acceptors (Lipinski definition) is 7. The minimum atomic E-state index is -0.770. The highest BCUT2D eigenvalue weighted by Crippen LogP contribution is 2.24. The maximum atomic E-state index is 13.5. The SMILES string of the molecule is COC(=O)C(CCN(CCCCc1ccc2c(n1)NCCC2)CC(CF)OC)NC(=O)N1C(C)CCC1C. The molecule has 0 spiro atoms. The smallest absolute Gasteiger partial charge is 0.328 e. The Balaban J connectivity index is 1.54. The van der Waals surface area contributed by atoms with Gasteiger partial charge in [-0.3, -0.25) is 0 Å². The molecule has 214 valence electrons. The monoisotopic (exact) mass is 535 g/mol. The number of unbranched alkanes of at least 4 members (excludes halogenated alkanes) is 1. The Morgan fingerprint density at radius 2 is 1.97 bits per heavy atom. The lowest BCUT2D eigenvalue weighted by Gasteiger charge is -2.30. The number of aromatic nitrogens is 1. The zero-order chi connectivity index (χ0) is 27.5. The Bertz CT molecular complexity index is 890. The van der Waals surface area contributed by atoms with E-state index < -0.39 is 24.8 Å². The number of methoxy groups -OCH3 is 2. The highest BCUT2D eigenvalue weighted by Gasteiger charge is 2.34. The number of rotatable bonds is 14. The van der Waals surface area contributed by atoms with Gasteiger partial charge in [0.2, 0.25) is 0 Å². The van der Waals surface area contributed by atoms with Crippen LogP contribution in [-0.2, 0) is 27.1 Å². The molecule has 2 N–H and O–H groups in total. The van der Waals surface area contributed by atoms with Crippen molar-refractivity contribution in [1.82, 2.24) is 20.1 Å². The summed E-state index contributed by atoms with van der Waals surface area (Å²) in [6.45, 7) is 6.08. The first kappa shape index (κ1) is 30.1. The summed E-state index contributed by atoms with van der Waals surface area (Å²) in [6, 6.07) is 3.54. The van der Waals surface area contributed by atoms with Crippen molar-refractivity contribution in [1.29, 1.82) is 0 Å². The number of nitrogens with one attached hydrogen (secondary N) is 2. The van der Waals surface area contributed by atoms with Crippen LogP contribution >= 0.6 is 0 Å². The molecule has 0 bridgehead atoms. The van der Waals surface area contributed by atoms with Crippen LogP contribution in [0.4, 0.5) is 15.0 Å². The number of alkyl halides is 1. The van der Waals surface area contributed by atoms with Crippen LogP contribution in [0.3, 0.4) is 0 Å². The molecule has 1 fully saturated rings. The maximum absolute atomic E-state index is 13.5. The summed E-state index contributed by atoms with van der Waals surface area (Å²) in [7, 11) is 2.84. The van der Waals surface area contributed by atoms with Crippen LogP contribution in [0.5, 0.6) is 0 Å². The van der Waals surface area contributed by atoms with Crippen molar-refractivity contribution >= 4 is 17.8 Å². The van der Waals surface area contributed by atoms with Crippen molar-refractivity contribution in [2.24, 2.45) is 0 Å². The molecule has 1 aromatic heterocycles. The highest BCUT2D eigenvalue weighted by molar-refractivity contribution is 5.84. The summed E-state index contributed by atoms with van der Waals surface area (Å²) in [4.78, 5) is 34.2. The molecule has 2 aliphatic rings. The number of carbonyl (C=O) groups is 2. The van der Waals surface area contributed by atoms with E-state index in [4.69, 9.17) is 14.5 Å². The zero-order valence-electron chi connectivity index (χ0n) is 23.5. The Morgan fingerprint density at radius 3 is 2.66 bits per heavy atom. The minimum Gasteiger partial charge on any atom is -0.467 e. The Hall–Kier alpha value is -2.46. The first-order chi connectivity index (χ1) is 18.4. The molecule has 0 radical (unpaired) electrons. The maximum Gasteiger partial charge on any atom is 0.328 e. The van der Waals surface area contributed by atoms with E-state index in [0.29, 0.717) is 19.5 Å². The van der Waals surface area contributed by atoms with Crippen LogP contribution in [0.1, 0.15) is 63.6 Å². The predicted molar refractivity (Wildman–Crippen MR) is 146 cm³/mol. The topological polar surface area (TPSA) is 96.0 Å². The van der Waals surface area contributed by atoms with Crippen LogP contribution < -0.4 is 10.6 Å². The second-order valence-electron chi connectivity index (χ2n) is 10.6. The molecule has 1 aromatic rings. The van der Waals surface area contributed by atoms with Crippen LogP contribution in [-0.4, -0.2) is 98.1 Å². The number of esters is 1. The second-order valence-corrected chi connectivity index (χ2v) is 10.6. The molecular weight excluding hydrogens is 489 g/mol. The summed E-state index contributed by atoms with van der Waals surface area (Å²) in [5.41, 5.74) is 2.35. The lowest BCUT2D eigenvalue weighted by Crippen LogP contribution is -2.52. The summed E-state index contributed by atoms with van der Waals surface area (Å²) in [6.07, 6.45) is 6.65. The number of hydrogen-bond donors (Lipinski definition) is 2. The third-order valence-electron chi connectivity index (χ3n) is 7.78. The zero-order valence-corrected chi connectivity index (χ0v) is 23.5. The number of likely N-dealkylation sites (tertiary alicyclic amines) is 1. The van der Waals surface area contributed by atoms with Gasteiger partial charge in [-0.1, -0.05) is 6.07 Å². The molecule has 10 heteroatoms. The van der Waals surface area contributed by atoms with Gasteiger partial charge < -0.3 is 29.9 Å². The predicted octanol–water partition coefficient (Wildman–Crippen LogP) is 3.56. The summed E-state index contributed by atoms with van der Waals surface area (Å²) in [5, 5.41) is 6.27. The number of urea groups is 1. The molecule has 4 unspecified atom stereocenters. The van der Waals surface area contributed by atoms with Crippen molar-refractivity contribution in [3.8, 4) is 0 Å².